The Bertz CT molecular complexity index is 362. The van der Waals surface area contributed by atoms with Crippen LogP contribution in [-0.4, -0.2) is 0 Å². The van der Waals surface area contributed by atoms with Crippen LogP contribution in [0, 0.1) is 0 Å². The second-order valence-electron chi connectivity index (χ2n) is 3.15. The van der Waals surface area contributed by atoms with Gasteiger partial charge in [-0.3, -0.25) is 0 Å². The summed E-state index contributed by atoms with van der Waals surface area (Å²) in [5.41, 5.74) is 2.47. The molecular weight excluding hydrogens is 234 g/mol. The Morgan fingerprint density at radius 2 is 0.867 bits per heavy atom. The van der Waals surface area contributed by atoms with Crippen LogP contribution in [0.15, 0.2) is 60.7 Å². The molecule has 2 rings (SSSR count). The summed E-state index contributed by atoms with van der Waals surface area (Å²) in [6, 6.07) is 20.6. The van der Waals surface area contributed by atoms with Gasteiger partial charge in [0.2, 0.25) is 0 Å². The number of hydrogen-bond acceptors (Lipinski definition) is 0. The molecule has 15 heavy (non-hydrogen) atoms. The fourth-order valence-corrected chi connectivity index (χ4v) is 1.32. The molecule has 0 fully saturated rings. The van der Waals surface area contributed by atoms with E-state index in [0.29, 0.717) is 0 Å². The van der Waals surface area contributed by atoms with Crippen molar-refractivity contribution in [1.82, 2.24) is 0 Å². The van der Waals surface area contributed by atoms with Gasteiger partial charge in [0.15, 0.2) is 0 Å². The van der Waals surface area contributed by atoms with E-state index in [9.17, 15) is 0 Å². The zero-order chi connectivity index (χ0) is 9.64. The van der Waals surface area contributed by atoms with Gasteiger partial charge in [-0.15, -0.1) is 0 Å². The summed E-state index contributed by atoms with van der Waals surface area (Å²) in [5, 5.41) is 0. The van der Waals surface area contributed by atoms with Crippen LogP contribution in [0.4, 0.5) is 0 Å². The van der Waals surface area contributed by atoms with E-state index in [1.165, 1.54) is 11.1 Å². The van der Waals surface area contributed by atoms with Crippen LogP contribution in [0.5, 0.6) is 0 Å². The van der Waals surface area contributed by atoms with Crippen LogP contribution in [0.1, 0.15) is 11.1 Å². The molecule has 0 saturated carbocycles. The first-order chi connectivity index (χ1) is 6.95. The van der Waals surface area contributed by atoms with Gasteiger partial charge in [-0.05, 0) is 11.1 Å². The van der Waals surface area contributed by atoms with Gasteiger partial charge >= 0.3 is 0 Å². The minimum atomic E-state index is 0. The first-order valence-corrected chi connectivity index (χ1v) is 4.73. The van der Waals surface area contributed by atoms with E-state index in [0.717, 1.165) is 0 Å². The summed E-state index contributed by atoms with van der Waals surface area (Å²) in [5.74, 6) is 0. The van der Waals surface area contributed by atoms with Crippen molar-refractivity contribution < 1.29 is 19.5 Å². The van der Waals surface area contributed by atoms with Crippen molar-refractivity contribution in [2.75, 3.05) is 0 Å². The molecule has 1 heteroatoms. The van der Waals surface area contributed by atoms with E-state index in [2.05, 4.69) is 36.4 Å². The van der Waals surface area contributed by atoms with E-state index < -0.39 is 0 Å². The molecule has 0 aromatic heterocycles. The van der Waals surface area contributed by atoms with Crippen molar-refractivity contribution in [2.45, 2.75) is 0 Å². The molecule has 0 saturated heterocycles. The molecule has 70 valence electrons. The van der Waals surface area contributed by atoms with Crippen molar-refractivity contribution in [3.8, 4) is 0 Å². The zero-order valence-corrected chi connectivity index (χ0v) is 11.6. The van der Waals surface area contributed by atoms with Gasteiger partial charge in [-0.1, -0.05) is 72.8 Å². The largest absolute Gasteiger partial charge is 0.0622 e. The average molecular weight is 246 g/mol. The van der Waals surface area contributed by atoms with Gasteiger partial charge in [0, 0.05) is 19.5 Å². The topological polar surface area (TPSA) is 0 Å². The minimum Gasteiger partial charge on any atom is -0.0622 e. The average Bonchev–Trinajstić information content (AvgIpc) is 2.29. The molecule has 0 bridgehead atoms. The van der Waals surface area contributed by atoms with Crippen LogP contribution in [0.3, 0.4) is 0 Å². The first-order valence-electron chi connectivity index (χ1n) is 4.73. The molecule has 0 aliphatic heterocycles. The first kappa shape index (κ1) is 11.9. The number of rotatable bonds is 2. The van der Waals surface area contributed by atoms with Gasteiger partial charge in [0.1, 0.15) is 0 Å². The Kier molecular flexibility index (Phi) is 5.00. The molecule has 0 radical (unpaired) electrons. The van der Waals surface area contributed by atoms with Crippen molar-refractivity contribution >= 4 is 12.2 Å². The maximum Gasteiger partial charge on any atom is 0 e. The predicted octanol–water partition coefficient (Wildman–Crippen LogP) is 3.85. The Morgan fingerprint density at radius 1 is 0.533 bits per heavy atom. The monoisotopic (exact) mass is 244 g/mol. The molecule has 0 spiro atoms. The molecule has 0 atom stereocenters. The maximum absolute atomic E-state index is 2.12. The van der Waals surface area contributed by atoms with Gasteiger partial charge in [0.05, 0.1) is 0 Å². The normalized spacial score (nSPS) is 9.87. The Labute approximate surface area is 103 Å². The maximum atomic E-state index is 2.12. The van der Waals surface area contributed by atoms with Gasteiger partial charge in [0.25, 0.3) is 0 Å². The molecular formula is C14H12Zn. The molecule has 0 heterocycles. The molecule has 0 N–H and O–H groups in total. The smallest absolute Gasteiger partial charge is 0 e. The van der Waals surface area contributed by atoms with Crippen molar-refractivity contribution in [1.29, 1.82) is 0 Å². The molecule has 0 unspecified atom stereocenters. The van der Waals surface area contributed by atoms with Crippen molar-refractivity contribution in [2.24, 2.45) is 0 Å². The predicted molar refractivity (Wildman–Crippen MR) is 61.8 cm³/mol. The molecule has 0 aliphatic carbocycles. The minimum absolute atomic E-state index is 0. The third-order valence-corrected chi connectivity index (χ3v) is 2.07. The van der Waals surface area contributed by atoms with Crippen LogP contribution in [0.2, 0.25) is 0 Å². The van der Waals surface area contributed by atoms with E-state index in [4.69, 9.17) is 0 Å². The fraction of sp³-hybridized carbons (Fsp3) is 0. The fourth-order valence-electron chi connectivity index (χ4n) is 1.32. The summed E-state index contributed by atoms with van der Waals surface area (Å²) in [6.07, 6.45) is 4.24. The molecule has 0 nitrogen and oxygen atoms in total. The number of benzene rings is 2. The third kappa shape index (κ3) is 3.81. The van der Waals surface area contributed by atoms with E-state index in [1.54, 1.807) is 0 Å². The standard InChI is InChI=1S/C14H12.Zn/c1-3-7-13(8-4-1)11-12-14-9-5-2-6-10-14;/h1-12H;. The molecule has 2 aromatic rings. The Morgan fingerprint density at radius 3 is 1.20 bits per heavy atom. The quantitative estimate of drug-likeness (QED) is 0.557. The molecule has 0 aliphatic rings. The Balaban J connectivity index is 0.00000112. The second kappa shape index (κ2) is 6.32. The van der Waals surface area contributed by atoms with E-state index in [1.807, 2.05) is 36.4 Å². The van der Waals surface area contributed by atoms with Crippen LogP contribution in [0.25, 0.3) is 12.2 Å². The summed E-state index contributed by atoms with van der Waals surface area (Å²) in [7, 11) is 0. The second-order valence-corrected chi connectivity index (χ2v) is 3.15. The molecule has 0 amide bonds. The van der Waals surface area contributed by atoms with Crippen molar-refractivity contribution in [3.63, 3.8) is 0 Å². The SMILES string of the molecule is C(=Cc1ccccc1)c1ccccc1.[Zn]. The van der Waals surface area contributed by atoms with Gasteiger partial charge < -0.3 is 0 Å². The zero-order valence-electron chi connectivity index (χ0n) is 8.64. The summed E-state index contributed by atoms with van der Waals surface area (Å²) >= 11 is 0. The summed E-state index contributed by atoms with van der Waals surface area (Å²) in [6.45, 7) is 0. The van der Waals surface area contributed by atoms with Gasteiger partial charge in [-0.25, -0.2) is 0 Å². The van der Waals surface area contributed by atoms with Crippen molar-refractivity contribution in [3.05, 3.63) is 71.8 Å². The van der Waals surface area contributed by atoms with Crippen LogP contribution >= 0.6 is 0 Å². The van der Waals surface area contributed by atoms with Crippen LogP contribution < -0.4 is 0 Å². The Hall–Kier alpha value is -1.20. The third-order valence-electron chi connectivity index (χ3n) is 2.07. The number of hydrogen-bond donors (Lipinski definition) is 0. The van der Waals surface area contributed by atoms with Crippen LogP contribution in [-0.2, 0) is 19.5 Å². The summed E-state index contributed by atoms with van der Waals surface area (Å²) in [4.78, 5) is 0. The summed E-state index contributed by atoms with van der Waals surface area (Å²) < 4.78 is 0. The van der Waals surface area contributed by atoms with E-state index in [-0.39, 0.29) is 19.5 Å². The molecule has 2 aromatic carbocycles. The van der Waals surface area contributed by atoms with E-state index >= 15 is 0 Å². The van der Waals surface area contributed by atoms with Gasteiger partial charge in [-0.2, -0.15) is 0 Å².